The van der Waals surface area contributed by atoms with E-state index in [2.05, 4.69) is 19.6 Å². The van der Waals surface area contributed by atoms with Crippen molar-refractivity contribution in [2.45, 2.75) is 17.9 Å². The highest BCUT2D eigenvalue weighted by Gasteiger charge is 2.27. The molecule has 12 heteroatoms. The van der Waals surface area contributed by atoms with Crippen molar-refractivity contribution >= 4 is 50.6 Å². The van der Waals surface area contributed by atoms with E-state index in [0.29, 0.717) is 42.0 Å². The normalized spacial score (nSPS) is 14.9. The standard InChI is InChI=1S/C23H23Cl2N5O4S.H2/c1-16(34-21-14-17(24)2-7-20(21)25)23(31)30-12-10-29(11-13-30)18-3-5-19(6-4-18)35(32,33)28-22-8-9-26-15-27-22;/h2-9,14-16H,10-13H2,1H3,(H,26,27,28);1H. The van der Waals surface area contributed by atoms with Gasteiger partial charge in [-0.05, 0) is 49.4 Å². The lowest BCUT2D eigenvalue weighted by Crippen LogP contribution is -2.52. The number of benzene rings is 2. The predicted octanol–water partition coefficient (Wildman–Crippen LogP) is 3.95. The third-order valence-corrected chi connectivity index (χ3v) is 7.39. The number of halogens is 2. The maximum Gasteiger partial charge on any atom is 0.263 e. The van der Waals surface area contributed by atoms with Crippen LogP contribution in [0.15, 0.2) is 66.0 Å². The molecule has 1 unspecified atom stereocenters. The lowest BCUT2D eigenvalue weighted by molar-refractivity contribution is -0.138. The fraction of sp³-hybridized carbons (Fsp3) is 0.261. The Balaban J connectivity index is 0.00000361. The molecule has 0 aliphatic carbocycles. The highest BCUT2D eigenvalue weighted by atomic mass is 35.5. The molecule has 9 nitrogen and oxygen atoms in total. The number of hydrogen-bond acceptors (Lipinski definition) is 7. The van der Waals surface area contributed by atoms with Gasteiger partial charge in [0.1, 0.15) is 17.9 Å². The number of nitrogens with one attached hydrogen (secondary N) is 1. The highest BCUT2D eigenvalue weighted by Crippen LogP contribution is 2.29. The Kier molecular flexibility index (Phi) is 7.63. The van der Waals surface area contributed by atoms with Crippen molar-refractivity contribution < 1.29 is 19.4 Å². The van der Waals surface area contributed by atoms with Crippen LogP contribution in [0.4, 0.5) is 11.5 Å². The number of carbonyl (C=O) groups excluding carboxylic acids is 1. The van der Waals surface area contributed by atoms with Gasteiger partial charge in [-0.25, -0.2) is 18.4 Å². The minimum atomic E-state index is -3.77. The molecule has 0 spiro atoms. The van der Waals surface area contributed by atoms with Gasteiger partial charge in [-0.15, -0.1) is 0 Å². The van der Waals surface area contributed by atoms with E-state index >= 15 is 0 Å². The summed E-state index contributed by atoms with van der Waals surface area (Å²) in [6.07, 6.45) is 2.01. The van der Waals surface area contributed by atoms with Gasteiger partial charge < -0.3 is 14.5 Å². The Hall–Kier alpha value is -3.08. The summed E-state index contributed by atoms with van der Waals surface area (Å²) in [5.41, 5.74) is 0.869. The molecular formula is C23H25Cl2N5O4S. The molecule has 1 aliphatic heterocycles. The molecule has 2 aromatic carbocycles. The van der Waals surface area contributed by atoms with Gasteiger partial charge in [0.05, 0.1) is 9.92 Å². The molecule has 1 saturated heterocycles. The number of nitrogens with zero attached hydrogens (tertiary/aromatic N) is 4. The molecular weight excluding hydrogens is 513 g/mol. The average Bonchev–Trinajstić information content (AvgIpc) is 2.86. The number of aromatic nitrogens is 2. The van der Waals surface area contributed by atoms with Crippen molar-refractivity contribution in [1.29, 1.82) is 0 Å². The highest BCUT2D eigenvalue weighted by molar-refractivity contribution is 7.92. The molecule has 3 aromatic rings. The molecule has 0 radical (unpaired) electrons. The maximum absolute atomic E-state index is 12.9. The van der Waals surface area contributed by atoms with E-state index in [0.717, 1.165) is 5.69 Å². The molecule has 1 aliphatic rings. The Bertz CT molecular complexity index is 1290. The summed E-state index contributed by atoms with van der Waals surface area (Å²) in [5.74, 6) is 0.418. The Labute approximate surface area is 215 Å². The molecule has 4 rings (SSSR count). The van der Waals surface area contributed by atoms with Gasteiger partial charge in [0.25, 0.3) is 15.9 Å². The van der Waals surface area contributed by atoms with E-state index in [9.17, 15) is 13.2 Å². The average molecular weight is 538 g/mol. The van der Waals surface area contributed by atoms with Crippen LogP contribution in [0, 0.1) is 0 Å². The Morgan fingerprint density at radius 2 is 1.80 bits per heavy atom. The summed E-state index contributed by atoms with van der Waals surface area (Å²) in [6.45, 7) is 3.89. The van der Waals surface area contributed by atoms with Gasteiger partial charge in [0.15, 0.2) is 6.10 Å². The molecule has 1 atom stereocenters. The van der Waals surface area contributed by atoms with Crippen molar-refractivity contribution in [3.8, 4) is 5.75 Å². The predicted molar refractivity (Wildman–Crippen MR) is 137 cm³/mol. The number of amides is 1. The molecule has 1 N–H and O–H groups in total. The lowest BCUT2D eigenvalue weighted by atomic mass is 10.2. The van der Waals surface area contributed by atoms with E-state index in [4.69, 9.17) is 27.9 Å². The van der Waals surface area contributed by atoms with Crippen LogP contribution in [0.2, 0.25) is 10.0 Å². The molecule has 0 bridgehead atoms. The minimum Gasteiger partial charge on any atom is -0.479 e. The first kappa shape index (κ1) is 25.0. The first-order valence-corrected chi connectivity index (χ1v) is 13.0. The Morgan fingerprint density at radius 3 is 2.46 bits per heavy atom. The number of rotatable bonds is 7. The van der Waals surface area contributed by atoms with E-state index < -0.39 is 16.1 Å². The third kappa shape index (κ3) is 6.14. The lowest BCUT2D eigenvalue weighted by Gasteiger charge is -2.37. The number of ether oxygens (including phenoxy) is 1. The molecule has 1 aromatic heterocycles. The zero-order valence-corrected chi connectivity index (χ0v) is 21.1. The zero-order chi connectivity index (χ0) is 25.0. The van der Waals surface area contributed by atoms with Crippen molar-refractivity contribution in [3.63, 3.8) is 0 Å². The van der Waals surface area contributed by atoms with Crippen molar-refractivity contribution in [3.05, 3.63) is 71.1 Å². The van der Waals surface area contributed by atoms with Gasteiger partial charge in [0, 0.05) is 50.6 Å². The minimum absolute atomic E-state index is 0. The largest absolute Gasteiger partial charge is 0.479 e. The molecule has 2 heterocycles. The van der Waals surface area contributed by atoms with Gasteiger partial charge in [-0.2, -0.15) is 0 Å². The number of anilines is 2. The van der Waals surface area contributed by atoms with E-state index in [1.807, 2.05) is 0 Å². The van der Waals surface area contributed by atoms with Gasteiger partial charge in [0.2, 0.25) is 0 Å². The summed E-state index contributed by atoms with van der Waals surface area (Å²) in [7, 11) is -3.77. The number of carbonyl (C=O) groups is 1. The fourth-order valence-corrected chi connectivity index (χ4v) is 4.97. The quantitative estimate of drug-likeness (QED) is 0.486. The van der Waals surface area contributed by atoms with Crippen LogP contribution in [-0.4, -0.2) is 61.5 Å². The van der Waals surface area contributed by atoms with Crippen LogP contribution < -0.4 is 14.4 Å². The van der Waals surface area contributed by atoms with Crippen LogP contribution in [0.1, 0.15) is 8.35 Å². The van der Waals surface area contributed by atoms with E-state index in [1.165, 1.54) is 18.6 Å². The van der Waals surface area contributed by atoms with Crippen LogP contribution in [-0.2, 0) is 14.8 Å². The summed E-state index contributed by atoms with van der Waals surface area (Å²) in [5, 5.41) is 0.859. The first-order valence-electron chi connectivity index (χ1n) is 10.8. The second-order valence-electron chi connectivity index (χ2n) is 7.84. The molecule has 35 heavy (non-hydrogen) atoms. The fourth-order valence-electron chi connectivity index (χ4n) is 3.63. The van der Waals surface area contributed by atoms with Crippen molar-refractivity contribution in [1.82, 2.24) is 14.9 Å². The smallest absolute Gasteiger partial charge is 0.263 e. The van der Waals surface area contributed by atoms with Gasteiger partial charge in [-0.1, -0.05) is 23.2 Å². The molecule has 1 fully saturated rings. The monoisotopic (exact) mass is 537 g/mol. The van der Waals surface area contributed by atoms with E-state index in [-0.39, 0.29) is 18.0 Å². The number of piperazine rings is 1. The van der Waals surface area contributed by atoms with Crippen LogP contribution in [0.3, 0.4) is 0 Å². The van der Waals surface area contributed by atoms with Crippen LogP contribution >= 0.6 is 23.2 Å². The number of sulfonamides is 1. The second-order valence-corrected chi connectivity index (χ2v) is 10.4. The molecule has 1 amide bonds. The Morgan fingerprint density at radius 1 is 1.09 bits per heavy atom. The van der Waals surface area contributed by atoms with Crippen LogP contribution in [0.5, 0.6) is 5.75 Å². The number of hydrogen-bond donors (Lipinski definition) is 1. The molecule has 186 valence electrons. The molecule has 0 saturated carbocycles. The van der Waals surface area contributed by atoms with Crippen LogP contribution in [0.25, 0.3) is 0 Å². The second kappa shape index (κ2) is 10.7. The SMILES string of the molecule is CC(Oc1cc(Cl)ccc1Cl)C(=O)N1CCN(c2ccc(S(=O)(=O)Nc3ccncn3)cc2)CC1.[HH]. The van der Waals surface area contributed by atoms with Gasteiger partial charge >= 0.3 is 0 Å². The summed E-state index contributed by atoms with van der Waals surface area (Å²) >= 11 is 12.1. The van der Waals surface area contributed by atoms with Crippen molar-refractivity contribution in [2.24, 2.45) is 0 Å². The summed E-state index contributed by atoms with van der Waals surface area (Å²) in [4.78, 5) is 24.5. The summed E-state index contributed by atoms with van der Waals surface area (Å²) in [6, 6.07) is 12.9. The third-order valence-electron chi connectivity index (χ3n) is 5.47. The summed E-state index contributed by atoms with van der Waals surface area (Å²) < 4.78 is 33.3. The topological polar surface area (TPSA) is 105 Å². The first-order chi connectivity index (χ1) is 16.7. The van der Waals surface area contributed by atoms with Crippen molar-refractivity contribution in [2.75, 3.05) is 35.8 Å². The van der Waals surface area contributed by atoms with E-state index in [1.54, 1.807) is 54.3 Å². The maximum atomic E-state index is 12.9. The van der Waals surface area contributed by atoms with Gasteiger partial charge in [-0.3, -0.25) is 9.52 Å². The zero-order valence-electron chi connectivity index (χ0n) is 18.8.